The number of carbonyl (C=O) groups excluding carboxylic acids is 1. The van der Waals surface area contributed by atoms with Crippen LogP contribution in [0.5, 0.6) is 5.75 Å². The Hall–Kier alpha value is -2.11. The Morgan fingerprint density at radius 3 is 2.96 bits per heavy atom. The molecule has 0 aliphatic carbocycles. The number of benzene rings is 2. The molecule has 1 heterocycles. The van der Waals surface area contributed by atoms with E-state index in [-0.39, 0.29) is 12.5 Å². The van der Waals surface area contributed by atoms with E-state index >= 15 is 0 Å². The lowest BCUT2D eigenvalue weighted by Crippen LogP contribution is -2.19. The standard InChI is InChI=1S/C19H19ClN2O2S/c1-2-3-5-13-8-9-16-17(10-13)25-19(21-16)22-18(23)12-24-15-7-4-6-14(20)11-15/h4,6-11H,2-3,5,12H2,1H3,(H,21,22,23). The molecule has 0 unspecified atom stereocenters. The van der Waals surface area contributed by atoms with Gasteiger partial charge >= 0.3 is 0 Å². The number of thiazole rings is 1. The van der Waals surface area contributed by atoms with Crippen LogP contribution in [0.2, 0.25) is 5.02 Å². The quantitative estimate of drug-likeness (QED) is 0.609. The Bertz CT molecular complexity index is 879. The van der Waals surface area contributed by atoms with Gasteiger partial charge in [-0.2, -0.15) is 0 Å². The number of aromatic nitrogens is 1. The van der Waals surface area contributed by atoms with Gasteiger partial charge < -0.3 is 4.74 Å². The summed E-state index contributed by atoms with van der Waals surface area (Å²) in [6.45, 7) is 2.10. The Morgan fingerprint density at radius 2 is 2.16 bits per heavy atom. The molecular weight excluding hydrogens is 356 g/mol. The zero-order valence-electron chi connectivity index (χ0n) is 13.9. The largest absolute Gasteiger partial charge is 0.484 e. The van der Waals surface area contributed by atoms with Crippen LogP contribution in [0.3, 0.4) is 0 Å². The van der Waals surface area contributed by atoms with E-state index in [2.05, 4.69) is 29.4 Å². The molecular formula is C19H19ClN2O2S. The number of anilines is 1. The van der Waals surface area contributed by atoms with Crippen LogP contribution in [0.4, 0.5) is 5.13 Å². The highest BCUT2D eigenvalue weighted by Crippen LogP contribution is 2.27. The summed E-state index contributed by atoms with van der Waals surface area (Å²) < 4.78 is 6.52. The van der Waals surface area contributed by atoms with E-state index in [1.807, 2.05) is 6.07 Å². The van der Waals surface area contributed by atoms with Crippen molar-refractivity contribution < 1.29 is 9.53 Å². The monoisotopic (exact) mass is 374 g/mol. The Morgan fingerprint density at radius 1 is 1.28 bits per heavy atom. The maximum Gasteiger partial charge on any atom is 0.264 e. The lowest BCUT2D eigenvalue weighted by atomic mass is 10.1. The normalized spacial score (nSPS) is 10.8. The molecule has 0 aliphatic heterocycles. The lowest BCUT2D eigenvalue weighted by molar-refractivity contribution is -0.118. The minimum Gasteiger partial charge on any atom is -0.484 e. The van der Waals surface area contributed by atoms with Crippen LogP contribution in [0.1, 0.15) is 25.3 Å². The molecule has 25 heavy (non-hydrogen) atoms. The number of fused-ring (bicyclic) bond motifs is 1. The first-order chi connectivity index (χ1) is 12.1. The summed E-state index contributed by atoms with van der Waals surface area (Å²) in [5.74, 6) is 0.317. The van der Waals surface area contributed by atoms with Crippen LogP contribution in [-0.2, 0) is 11.2 Å². The first-order valence-corrected chi connectivity index (χ1v) is 9.41. The summed E-state index contributed by atoms with van der Waals surface area (Å²) in [5.41, 5.74) is 2.21. The average molecular weight is 375 g/mol. The van der Waals surface area contributed by atoms with Crippen molar-refractivity contribution in [2.24, 2.45) is 0 Å². The number of nitrogens with zero attached hydrogens (tertiary/aromatic N) is 1. The van der Waals surface area contributed by atoms with Crippen molar-refractivity contribution in [1.29, 1.82) is 0 Å². The molecule has 1 aromatic heterocycles. The second-order valence-corrected chi connectivity index (χ2v) is 7.19. The summed E-state index contributed by atoms with van der Waals surface area (Å²) >= 11 is 7.37. The van der Waals surface area contributed by atoms with Crippen molar-refractivity contribution in [3.05, 3.63) is 53.1 Å². The van der Waals surface area contributed by atoms with Gasteiger partial charge in [-0.15, -0.1) is 0 Å². The minimum atomic E-state index is -0.245. The summed E-state index contributed by atoms with van der Waals surface area (Å²) in [7, 11) is 0. The molecule has 0 atom stereocenters. The highest BCUT2D eigenvalue weighted by molar-refractivity contribution is 7.22. The number of rotatable bonds is 7. The fourth-order valence-electron chi connectivity index (χ4n) is 2.42. The summed E-state index contributed by atoms with van der Waals surface area (Å²) in [4.78, 5) is 16.5. The van der Waals surface area contributed by atoms with Crippen LogP contribution in [0.25, 0.3) is 10.2 Å². The molecule has 0 spiro atoms. The molecule has 3 rings (SSSR count). The number of hydrogen-bond acceptors (Lipinski definition) is 4. The smallest absolute Gasteiger partial charge is 0.264 e. The Labute approximate surface area is 155 Å². The number of aryl methyl sites for hydroxylation is 1. The van der Waals surface area contributed by atoms with E-state index in [4.69, 9.17) is 16.3 Å². The van der Waals surface area contributed by atoms with Gasteiger partial charge in [0.1, 0.15) is 5.75 Å². The fourth-order valence-corrected chi connectivity index (χ4v) is 3.55. The Balaban J connectivity index is 1.60. The zero-order chi connectivity index (χ0) is 17.6. The predicted octanol–water partition coefficient (Wildman–Crippen LogP) is 5.31. The SMILES string of the molecule is CCCCc1ccc2nc(NC(=O)COc3cccc(Cl)c3)sc2c1. The molecule has 1 amide bonds. The van der Waals surface area contributed by atoms with Crippen LogP contribution >= 0.6 is 22.9 Å². The topological polar surface area (TPSA) is 51.2 Å². The minimum absolute atomic E-state index is 0.0853. The van der Waals surface area contributed by atoms with Gasteiger partial charge in [0.2, 0.25) is 0 Å². The highest BCUT2D eigenvalue weighted by atomic mass is 35.5. The average Bonchev–Trinajstić information content (AvgIpc) is 2.99. The summed E-state index contributed by atoms with van der Waals surface area (Å²) in [5, 5.41) is 3.95. The number of ether oxygens (including phenoxy) is 1. The van der Waals surface area contributed by atoms with Crippen LogP contribution in [0.15, 0.2) is 42.5 Å². The molecule has 0 radical (unpaired) electrons. The maximum absolute atomic E-state index is 12.1. The highest BCUT2D eigenvalue weighted by Gasteiger charge is 2.09. The van der Waals surface area contributed by atoms with Crippen molar-refractivity contribution in [2.75, 3.05) is 11.9 Å². The number of amides is 1. The van der Waals surface area contributed by atoms with Gasteiger partial charge in [-0.25, -0.2) is 4.98 Å². The van der Waals surface area contributed by atoms with Crippen molar-refractivity contribution in [3.8, 4) is 5.75 Å². The van der Waals surface area contributed by atoms with Gasteiger partial charge in [-0.05, 0) is 48.7 Å². The lowest BCUT2D eigenvalue weighted by Gasteiger charge is -2.05. The molecule has 130 valence electrons. The maximum atomic E-state index is 12.1. The number of nitrogens with one attached hydrogen (secondary N) is 1. The summed E-state index contributed by atoms with van der Waals surface area (Å²) in [6, 6.07) is 13.2. The van der Waals surface area contributed by atoms with Crippen molar-refractivity contribution in [2.45, 2.75) is 26.2 Å². The molecule has 2 aromatic carbocycles. The van der Waals surface area contributed by atoms with E-state index in [1.165, 1.54) is 29.7 Å². The van der Waals surface area contributed by atoms with E-state index < -0.39 is 0 Å². The third kappa shape index (κ3) is 4.94. The zero-order valence-corrected chi connectivity index (χ0v) is 15.5. The van der Waals surface area contributed by atoms with Gasteiger partial charge in [0.15, 0.2) is 11.7 Å². The van der Waals surface area contributed by atoms with E-state index in [9.17, 15) is 4.79 Å². The molecule has 6 heteroatoms. The van der Waals surface area contributed by atoms with E-state index in [1.54, 1.807) is 24.3 Å². The predicted molar refractivity (Wildman–Crippen MR) is 104 cm³/mol. The molecule has 1 N–H and O–H groups in total. The van der Waals surface area contributed by atoms with E-state index in [0.29, 0.717) is 15.9 Å². The van der Waals surface area contributed by atoms with Gasteiger partial charge in [-0.3, -0.25) is 10.1 Å². The third-order valence-corrected chi connectivity index (χ3v) is 4.85. The van der Waals surface area contributed by atoms with Crippen LogP contribution in [0, 0.1) is 0 Å². The van der Waals surface area contributed by atoms with Crippen LogP contribution in [-0.4, -0.2) is 17.5 Å². The molecule has 0 fully saturated rings. The molecule has 0 bridgehead atoms. The number of hydrogen-bond donors (Lipinski definition) is 1. The Kier molecular flexibility index (Phi) is 5.89. The molecule has 4 nitrogen and oxygen atoms in total. The van der Waals surface area contributed by atoms with Crippen LogP contribution < -0.4 is 10.1 Å². The molecule has 0 saturated heterocycles. The number of halogens is 1. The fraction of sp³-hybridized carbons (Fsp3) is 0.263. The van der Waals surface area contributed by atoms with Crippen molar-refractivity contribution >= 4 is 44.2 Å². The third-order valence-electron chi connectivity index (χ3n) is 3.68. The van der Waals surface area contributed by atoms with Gasteiger partial charge in [0.25, 0.3) is 5.91 Å². The van der Waals surface area contributed by atoms with Crippen molar-refractivity contribution in [1.82, 2.24) is 4.98 Å². The van der Waals surface area contributed by atoms with Gasteiger partial charge in [-0.1, -0.05) is 48.4 Å². The molecule has 0 saturated carbocycles. The number of carbonyl (C=O) groups is 1. The first kappa shape index (κ1) is 17.7. The second kappa shape index (κ2) is 8.32. The number of unbranched alkanes of at least 4 members (excludes halogenated alkanes) is 1. The molecule has 3 aromatic rings. The first-order valence-electron chi connectivity index (χ1n) is 8.21. The van der Waals surface area contributed by atoms with Gasteiger partial charge in [0.05, 0.1) is 10.2 Å². The second-order valence-electron chi connectivity index (χ2n) is 5.72. The van der Waals surface area contributed by atoms with Gasteiger partial charge in [0, 0.05) is 5.02 Å². The molecule has 0 aliphatic rings. The van der Waals surface area contributed by atoms with E-state index in [0.717, 1.165) is 16.6 Å². The summed E-state index contributed by atoms with van der Waals surface area (Å²) in [6.07, 6.45) is 3.42. The van der Waals surface area contributed by atoms with Crippen molar-refractivity contribution in [3.63, 3.8) is 0 Å².